The molecule has 1 heterocycles. The molecule has 0 saturated carbocycles. The van der Waals surface area contributed by atoms with Gasteiger partial charge in [0.25, 0.3) is 5.91 Å². The molecule has 2 aromatic carbocycles. The van der Waals surface area contributed by atoms with Gasteiger partial charge in [0.2, 0.25) is 0 Å². The Kier molecular flexibility index (Phi) is 5.36. The van der Waals surface area contributed by atoms with Gasteiger partial charge in [0.05, 0.1) is 38.7 Å². The molecule has 0 atom stereocenters. The van der Waals surface area contributed by atoms with Crippen LogP contribution in [0.15, 0.2) is 35.3 Å². The lowest BCUT2D eigenvalue weighted by Crippen LogP contribution is -2.13. The summed E-state index contributed by atoms with van der Waals surface area (Å²) >= 11 is 1.40. The number of nitrogens with zero attached hydrogens (tertiary/aromatic N) is 2. The Labute approximate surface area is 160 Å². The van der Waals surface area contributed by atoms with E-state index in [-0.39, 0.29) is 5.91 Å². The van der Waals surface area contributed by atoms with Gasteiger partial charge in [0, 0.05) is 24.7 Å². The van der Waals surface area contributed by atoms with Crippen molar-refractivity contribution in [1.29, 1.82) is 0 Å². The minimum atomic E-state index is -0.364. The molecule has 1 amide bonds. The van der Waals surface area contributed by atoms with Gasteiger partial charge >= 0.3 is 0 Å². The number of carbonyl (C=O) groups is 1. The number of benzene rings is 2. The number of fused-ring (bicyclic) bond motifs is 1. The molecular weight excluding hydrogens is 368 g/mol. The predicted molar refractivity (Wildman–Crippen MR) is 103 cm³/mol. The van der Waals surface area contributed by atoms with Gasteiger partial charge < -0.3 is 23.5 Å². The first-order chi connectivity index (χ1) is 13.0. The largest absolute Gasteiger partial charge is 0.493 e. The number of amides is 1. The van der Waals surface area contributed by atoms with E-state index in [2.05, 4.69) is 4.99 Å². The van der Waals surface area contributed by atoms with E-state index in [9.17, 15) is 4.79 Å². The van der Waals surface area contributed by atoms with Gasteiger partial charge in [0.1, 0.15) is 0 Å². The Balaban J connectivity index is 2.07. The molecule has 27 heavy (non-hydrogen) atoms. The summed E-state index contributed by atoms with van der Waals surface area (Å²) in [7, 11) is 8.09. The molecule has 0 aliphatic heterocycles. The average Bonchev–Trinajstić information content (AvgIpc) is 3.00. The first-order valence-corrected chi connectivity index (χ1v) is 8.86. The maximum absolute atomic E-state index is 12.6. The van der Waals surface area contributed by atoms with Crippen LogP contribution in [-0.2, 0) is 7.05 Å². The van der Waals surface area contributed by atoms with Crippen molar-refractivity contribution in [2.75, 3.05) is 28.4 Å². The number of aromatic nitrogens is 1. The molecule has 0 aliphatic carbocycles. The summed E-state index contributed by atoms with van der Waals surface area (Å²) in [4.78, 5) is 17.5. The molecule has 3 rings (SSSR count). The summed E-state index contributed by atoms with van der Waals surface area (Å²) in [6, 6.07) is 8.70. The molecular formula is C19H20N2O5S. The summed E-state index contributed by atoms with van der Waals surface area (Å²) < 4.78 is 23.9. The van der Waals surface area contributed by atoms with Crippen molar-refractivity contribution in [2.45, 2.75) is 0 Å². The van der Waals surface area contributed by atoms with Crippen molar-refractivity contribution < 1.29 is 23.7 Å². The third-order valence-electron chi connectivity index (χ3n) is 4.14. The number of aryl methyl sites for hydroxylation is 1. The third kappa shape index (κ3) is 3.48. The molecule has 0 spiro atoms. The van der Waals surface area contributed by atoms with Crippen LogP contribution in [0.2, 0.25) is 0 Å². The van der Waals surface area contributed by atoms with Crippen molar-refractivity contribution in [3.8, 4) is 23.0 Å². The zero-order chi connectivity index (χ0) is 19.6. The highest BCUT2D eigenvalue weighted by Gasteiger charge is 2.13. The summed E-state index contributed by atoms with van der Waals surface area (Å²) in [6.45, 7) is 0. The van der Waals surface area contributed by atoms with Crippen LogP contribution in [0.3, 0.4) is 0 Å². The van der Waals surface area contributed by atoms with Crippen molar-refractivity contribution in [1.82, 2.24) is 4.57 Å². The molecule has 0 unspecified atom stereocenters. The van der Waals surface area contributed by atoms with Crippen LogP contribution >= 0.6 is 11.3 Å². The topological polar surface area (TPSA) is 71.3 Å². The van der Waals surface area contributed by atoms with Crippen LogP contribution in [0, 0.1) is 0 Å². The van der Waals surface area contributed by atoms with E-state index in [0.717, 1.165) is 10.2 Å². The number of thiazole rings is 1. The number of ether oxygens (including phenoxy) is 4. The molecule has 0 bridgehead atoms. The van der Waals surface area contributed by atoms with Crippen molar-refractivity contribution in [2.24, 2.45) is 12.0 Å². The number of methoxy groups -OCH3 is 4. The Morgan fingerprint density at radius 1 is 0.889 bits per heavy atom. The summed E-state index contributed by atoms with van der Waals surface area (Å²) in [5.74, 6) is 1.92. The minimum Gasteiger partial charge on any atom is -0.493 e. The van der Waals surface area contributed by atoms with E-state index in [1.54, 1.807) is 39.5 Å². The normalized spacial score (nSPS) is 11.5. The van der Waals surface area contributed by atoms with Gasteiger partial charge in [-0.15, -0.1) is 0 Å². The molecule has 3 aromatic rings. The molecule has 0 aliphatic rings. The fourth-order valence-electron chi connectivity index (χ4n) is 2.68. The zero-order valence-corrected chi connectivity index (χ0v) is 16.5. The summed E-state index contributed by atoms with van der Waals surface area (Å²) in [6.07, 6.45) is 0. The Hall–Kier alpha value is -3.00. The monoisotopic (exact) mass is 388 g/mol. The van der Waals surface area contributed by atoms with Gasteiger partial charge in [-0.25, -0.2) is 0 Å². The Morgan fingerprint density at radius 3 is 2.11 bits per heavy atom. The van der Waals surface area contributed by atoms with E-state index in [1.807, 2.05) is 23.7 Å². The van der Waals surface area contributed by atoms with E-state index in [1.165, 1.54) is 18.4 Å². The van der Waals surface area contributed by atoms with Crippen LogP contribution in [-0.4, -0.2) is 38.9 Å². The molecule has 1 aromatic heterocycles. The highest BCUT2D eigenvalue weighted by Crippen LogP contribution is 2.33. The van der Waals surface area contributed by atoms with Gasteiger partial charge in [0.15, 0.2) is 27.8 Å². The first-order valence-electron chi connectivity index (χ1n) is 8.05. The number of hydrogen-bond donors (Lipinski definition) is 0. The molecule has 7 nitrogen and oxygen atoms in total. The SMILES string of the molecule is COc1ccc(C(=O)N=c2sc3cc(OC)c(OC)cc3n2C)cc1OC. The molecule has 0 radical (unpaired) electrons. The van der Waals surface area contributed by atoms with Gasteiger partial charge in [-0.3, -0.25) is 4.79 Å². The lowest BCUT2D eigenvalue weighted by molar-refractivity contribution is 0.0997. The van der Waals surface area contributed by atoms with Crippen LogP contribution in [0.5, 0.6) is 23.0 Å². The van der Waals surface area contributed by atoms with E-state index >= 15 is 0 Å². The van der Waals surface area contributed by atoms with E-state index < -0.39 is 0 Å². The number of rotatable bonds is 5. The second-order valence-corrected chi connectivity index (χ2v) is 6.61. The van der Waals surface area contributed by atoms with Crippen LogP contribution in [0.25, 0.3) is 10.2 Å². The lowest BCUT2D eigenvalue weighted by Gasteiger charge is -2.07. The van der Waals surface area contributed by atoms with E-state index in [4.69, 9.17) is 18.9 Å². The highest BCUT2D eigenvalue weighted by atomic mass is 32.1. The minimum absolute atomic E-state index is 0.364. The predicted octanol–water partition coefficient (Wildman–Crippen LogP) is 3.02. The number of hydrogen-bond acceptors (Lipinski definition) is 6. The van der Waals surface area contributed by atoms with Gasteiger partial charge in [-0.05, 0) is 18.2 Å². The fourth-order valence-corrected chi connectivity index (χ4v) is 3.71. The molecule has 0 saturated heterocycles. The number of carbonyl (C=O) groups excluding carboxylic acids is 1. The Morgan fingerprint density at radius 2 is 1.48 bits per heavy atom. The molecule has 0 N–H and O–H groups in total. The molecule has 142 valence electrons. The smallest absolute Gasteiger partial charge is 0.279 e. The second kappa shape index (κ2) is 7.71. The summed E-state index contributed by atoms with van der Waals surface area (Å²) in [5.41, 5.74) is 1.32. The maximum Gasteiger partial charge on any atom is 0.279 e. The van der Waals surface area contributed by atoms with Crippen molar-refractivity contribution in [3.05, 3.63) is 40.7 Å². The third-order valence-corrected chi connectivity index (χ3v) is 5.24. The zero-order valence-electron chi connectivity index (χ0n) is 15.7. The Bertz CT molecular complexity index is 1070. The van der Waals surface area contributed by atoms with Crippen LogP contribution in [0.4, 0.5) is 0 Å². The summed E-state index contributed by atoms with van der Waals surface area (Å²) in [5, 5.41) is 0. The van der Waals surface area contributed by atoms with Crippen molar-refractivity contribution in [3.63, 3.8) is 0 Å². The highest BCUT2D eigenvalue weighted by molar-refractivity contribution is 7.16. The standard InChI is InChI=1S/C19H20N2O5S/c1-21-12-9-15(25-4)16(26-5)10-17(12)27-19(21)20-18(22)11-6-7-13(23-2)14(8-11)24-3/h6-10H,1-5H3. The van der Waals surface area contributed by atoms with Crippen LogP contribution < -0.4 is 23.7 Å². The van der Waals surface area contributed by atoms with Gasteiger partial charge in [-0.2, -0.15) is 4.99 Å². The van der Waals surface area contributed by atoms with Crippen LogP contribution in [0.1, 0.15) is 10.4 Å². The van der Waals surface area contributed by atoms with Gasteiger partial charge in [-0.1, -0.05) is 11.3 Å². The average molecular weight is 388 g/mol. The maximum atomic E-state index is 12.6. The molecule has 8 heteroatoms. The second-order valence-electron chi connectivity index (χ2n) is 5.61. The fraction of sp³-hybridized carbons (Fsp3) is 0.263. The first kappa shape index (κ1) is 18.8. The van der Waals surface area contributed by atoms with Crippen molar-refractivity contribution >= 4 is 27.5 Å². The molecule has 0 fully saturated rings. The quantitative estimate of drug-likeness (QED) is 0.672. The van der Waals surface area contributed by atoms with E-state index in [0.29, 0.717) is 33.4 Å². The lowest BCUT2D eigenvalue weighted by atomic mass is 10.2.